The Morgan fingerprint density at radius 1 is 1.35 bits per heavy atom. The van der Waals surface area contributed by atoms with Gasteiger partial charge >= 0.3 is 6.09 Å². The van der Waals surface area contributed by atoms with Crippen LogP contribution in [0.3, 0.4) is 0 Å². The van der Waals surface area contributed by atoms with E-state index in [-0.39, 0.29) is 25.6 Å². The van der Waals surface area contributed by atoms with Crippen LogP contribution in [-0.2, 0) is 11.2 Å². The van der Waals surface area contributed by atoms with Crippen LogP contribution in [0.25, 0.3) is 0 Å². The molecule has 0 aromatic heterocycles. The van der Waals surface area contributed by atoms with Crippen molar-refractivity contribution < 1.29 is 23.4 Å². The van der Waals surface area contributed by atoms with Crippen LogP contribution in [-0.4, -0.2) is 30.5 Å². The lowest BCUT2D eigenvalue weighted by Crippen LogP contribution is -2.39. The molecule has 4 nitrogen and oxygen atoms in total. The van der Waals surface area contributed by atoms with Gasteiger partial charge in [0.25, 0.3) is 0 Å². The highest BCUT2D eigenvalue weighted by molar-refractivity contribution is 5.67. The minimum atomic E-state index is -0.957. The van der Waals surface area contributed by atoms with Gasteiger partial charge in [-0.3, -0.25) is 0 Å². The van der Waals surface area contributed by atoms with Crippen molar-refractivity contribution in [3.63, 3.8) is 0 Å². The third-order valence-electron chi connectivity index (χ3n) is 2.56. The summed E-state index contributed by atoms with van der Waals surface area (Å²) in [5, 5.41) is 11.7. The zero-order valence-electron chi connectivity index (χ0n) is 11.5. The summed E-state index contributed by atoms with van der Waals surface area (Å²) in [6, 6.07) is 2.84. The molecule has 1 rings (SSSR count). The number of aliphatic hydroxyl groups is 1. The number of carbonyl (C=O) groups is 1. The van der Waals surface area contributed by atoms with E-state index in [1.165, 1.54) is 6.07 Å². The van der Waals surface area contributed by atoms with Crippen LogP contribution in [0.1, 0.15) is 19.4 Å². The van der Waals surface area contributed by atoms with E-state index in [9.17, 15) is 18.7 Å². The molecule has 2 N–H and O–H groups in total. The molecule has 0 fully saturated rings. The first kappa shape index (κ1) is 16.4. The van der Waals surface area contributed by atoms with E-state index in [1.807, 2.05) is 13.8 Å². The molecule has 0 heterocycles. The molecule has 6 heteroatoms. The smallest absolute Gasteiger partial charge is 0.407 e. The van der Waals surface area contributed by atoms with Crippen LogP contribution in [0.2, 0.25) is 0 Å². The Hall–Kier alpha value is -1.69. The highest BCUT2D eigenvalue weighted by atomic mass is 19.2. The molecular formula is C14H19F2NO3. The summed E-state index contributed by atoms with van der Waals surface area (Å²) in [6.45, 7) is 3.75. The Morgan fingerprint density at radius 2 is 2.05 bits per heavy atom. The van der Waals surface area contributed by atoms with Crippen molar-refractivity contribution in [2.45, 2.75) is 26.3 Å². The van der Waals surface area contributed by atoms with Crippen molar-refractivity contribution in [2.24, 2.45) is 5.92 Å². The van der Waals surface area contributed by atoms with E-state index in [2.05, 4.69) is 5.32 Å². The summed E-state index contributed by atoms with van der Waals surface area (Å²) in [7, 11) is 0. The van der Waals surface area contributed by atoms with E-state index in [0.717, 1.165) is 12.1 Å². The quantitative estimate of drug-likeness (QED) is 0.843. The number of rotatable bonds is 6. The monoisotopic (exact) mass is 287 g/mol. The maximum Gasteiger partial charge on any atom is 0.407 e. The summed E-state index contributed by atoms with van der Waals surface area (Å²) in [5.41, 5.74) is 0.479. The molecule has 0 aliphatic carbocycles. The number of hydrogen-bond donors (Lipinski definition) is 2. The molecule has 1 atom stereocenters. The Bertz CT molecular complexity index is 452. The summed E-state index contributed by atoms with van der Waals surface area (Å²) >= 11 is 0. The molecule has 1 aromatic carbocycles. The molecule has 20 heavy (non-hydrogen) atoms. The van der Waals surface area contributed by atoms with Crippen molar-refractivity contribution in [3.8, 4) is 0 Å². The van der Waals surface area contributed by atoms with Crippen molar-refractivity contribution >= 4 is 6.09 Å². The first-order valence-corrected chi connectivity index (χ1v) is 6.40. The lowest BCUT2D eigenvalue weighted by atomic mass is 10.1. The highest BCUT2D eigenvalue weighted by Crippen LogP contribution is 2.10. The Balaban J connectivity index is 2.54. The second-order valence-corrected chi connectivity index (χ2v) is 4.97. The van der Waals surface area contributed by atoms with E-state index in [0.29, 0.717) is 5.56 Å². The fourth-order valence-corrected chi connectivity index (χ4v) is 1.56. The zero-order chi connectivity index (χ0) is 15.1. The van der Waals surface area contributed by atoms with E-state index < -0.39 is 23.8 Å². The van der Waals surface area contributed by atoms with Gasteiger partial charge in [-0.25, -0.2) is 13.6 Å². The summed E-state index contributed by atoms with van der Waals surface area (Å²) < 4.78 is 30.8. The molecule has 0 saturated heterocycles. The maximum absolute atomic E-state index is 13.1. The molecular weight excluding hydrogens is 268 g/mol. The number of aliphatic hydroxyl groups excluding tert-OH is 1. The van der Waals surface area contributed by atoms with Crippen LogP contribution >= 0.6 is 0 Å². The largest absolute Gasteiger partial charge is 0.449 e. The second kappa shape index (κ2) is 7.79. The highest BCUT2D eigenvalue weighted by Gasteiger charge is 2.14. The van der Waals surface area contributed by atoms with Gasteiger partial charge in [0, 0.05) is 0 Å². The second-order valence-electron chi connectivity index (χ2n) is 4.97. The first-order valence-electron chi connectivity index (χ1n) is 6.40. The Morgan fingerprint density at radius 3 is 2.60 bits per heavy atom. The first-order chi connectivity index (χ1) is 9.42. The predicted molar refractivity (Wildman–Crippen MR) is 70.3 cm³/mol. The number of ether oxygens (including phenoxy) is 1. The number of hydrogen-bond acceptors (Lipinski definition) is 3. The molecule has 0 radical (unpaired) electrons. The van der Waals surface area contributed by atoms with Gasteiger partial charge in [-0.15, -0.1) is 0 Å². The third kappa shape index (κ3) is 5.52. The van der Waals surface area contributed by atoms with Crippen molar-refractivity contribution in [1.29, 1.82) is 0 Å². The van der Waals surface area contributed by atoms with Crippen LogP contribution in [0.4, 0.5) is 13.6 Å². The lowest BCUT2D eigenvalue weighted by Gasteiger charge is -2.17. The molecule has 112 valence electrons. The van der Waals surface area contributed by atoms with Crippen molar-refractivity contribution in [3.05, 3.63) is 35.4 Å². The Kier molecular flexibility index (Phi) is 6.38. The summed E-state index contributed by atoms with van der Waals surface area (Å²) in [5.74, 6) is -1.68. The van der Waals surface area contributed by atoms with Crippen LogP contribution in [0, 0.1) is 17.6 Å². The van der Waals surface area contributed by atoms with Gasteiger partial charge in [0.05, 0.1) is 19.3 Å². The maximum atomic E-state index is 13.1. The van der Waals surface area contributed by atoms with Gasteiger partial charge in [0.15, 0.2) is 11.6 Å². The average molecular weight is 287 g/mol. The Labute approximate surface area is 116 Å². The molecule has 0 bridgehead atoms. The molecule has 0 unspecified atom stereocenters. The number of halogens is 2. The van der Waals surface area contributed by atoms with E-state index in [1.54, 1.807) is 0 Å². The molecule has 1 amide bonds. The van der Waals surface area contributed by atoms with Gasteiger partial charge in [-0.05, 0) is 30.0 Å². The zero-order valence-corrected chi connectivity index (χ0v) is 11.5. The summed E-state index contributed by atoms with van der Waals surface area (Å²) in [4.78, 5) is 11.4. The minimum absolute atomic E-state index is 0.185. The van der Waals surface area contributed by atoms with Gasteiger partial charge in [0.1, 0.15) is 0 Å². The fraction of sp³-hybridized carbons (Fsp3) is 0.500. The molecule has 0 aliphatic rings. The SMILES string of the molecule is CC(C)COC(=O)N[C@H](CO)Cc1ccc(F)c(F)c1. The topological polar surface area (TPSA) is 58.6 Å². The minimum Gasteiger partial charge on any atom is -0.449 e. The van der Waals surface area contributed by atoms with Gasteiger partial charge in [-0.1, -0.05) is 19.9 Å². The third-order valence-corrected chi connectivity index (χ3v) is 2.56. The number of nitrogens with one attached hydrogen (secondary N) is 1. The van der Waals surface area contributed by atoms with Crippen LogP contribution in [0.5, 0.6) is 0 Å². The van der Waals surface area contributed by atoms with E-state index >= 15 is 0 Å². The molecule has 0 spiro atoms. The van der Waals surface area contributed by atoms with Gasteiger partial charge in [0.2, 0.25) is 0 Å². The van der Waals surface area contributed by atoms with E-state index in [4.69, 9.17) is 4.74 Å². The van der Waals surface area contributed by atoms with Crippen molar-refractivity contribution in [2.75, 3.05) is 13.2 Å². The average Bonchev–Trinajstić information content (AvgIpc) is 2.39. The predicted octanol–water partition coefficient (Wildman–Crippen LogP) is 2.25. The number of alkyl carbamates (subject to hydrolysis) is 1. The van der Waals surface area contributed by atoms with Gasteiger partial charge in [-0.2, -0.15) is 0 Å². The lowest BCUT2D eigenvalue weighted by molar-refractivity contribution is 0.123. The number of amides is 1. The standard InChI is InChI=1S/C14H19F2NO3/c1-9(2)8-20-14(19)17-11(7-18)5-10-3-4-12(15)13(16)6-10/h3-4,6,9,11,18H,5,7-8H2,1-2H3,(H,17,19)/t11-/m0/s1. The van der Waals surface area contributed by atoms with Crippen molar-refractivity contribution in [1.82, 2.24) is 5.32 Å². The van der Waals surface area contributed by atoms with Gasteiger partial charge < -0.3 is 15.2 Å². The molecule has 0 aliphatic heterocycles. The summed E-state index contributed by atoms with van der Waals surface area (Å²) in [6.07, 6.45) is -0.454. The normalized spacial score (nSPS) is 12.3. The fourth-order valence-electron chi connectivity index (χ4n) is 1.56. The number of benzene rings is 1. The number of carbonyl (C=O) groups excluding carboxylic acids is 1. The van der Waals surface area contributed by atoms with Crippen LogP contribution < -0.4 is 5.32 Å². The van der Waals surface area contributed by atoms with Crippen LogP contribution in [0.15, 0.2) is 18.2 Å². The molecule has 0 saturated carbocycles. The molecule has 1 aromatic rings.